The van der Waals surface area contributed by atoms with E-state index in [2.05, 4.69) is 0 Å². The van der Waals surface area contributed by atoms with Gasteiger partial charge in [-0.2, -0.15) is 0 Å². The van der Waals surface area contributed by atoms with Crippen LogP contribution in [-0.2, 0) is 33.2 Å². The lowest BCUT2D eigenvalue weighted by Crippen LogP contribution is -2.26. The van der Waals surface area contributed by atoms with E-state index >= 15 is 0 Å². The van der Waals surface area contributed by atoms with Crippen LogP contribution in [0.2, 0.25) is 5.82 Å². The fourth-order valence-electron chi connectivity index (χ4n) is 1.60. The van der Waals surface area contributed by atoms with E-state index < -0.39 is 31.1 Å². The molecule has 0 aromatic heterocycles. The molecule has 0 amide bonds. The Bertz CT molecular complexity index is 394. The number of hydrogen-bond acceptors (Lipinski definition) is 7. The molecule has 0 aliphatic carbocycles. The number of carbonyl (C=O) groups is 3. The van der Waals surface area contributed by atoms with Crippen LogP contribution in [0, 0.1) is 0 Å². The molecule has 1 rings (SSSR count). The Labute approximate surface area is 124 Å². The average Bonchev–Trinajstić information content (AvgIpc) is 2.75. The van der Waals surface area contributed by atoms with E-state index in [-0.39, 0.29) is 31.4 Å². The second kappa shape index (κ2) is 8.02. The molecular formula is C13H21BO7. The largest absolute Gasteiger partial charge is 0.530 e. The van der Waals surface area contributed by atoms with Gasteiger partial charge in [0, 0.05) is 5.82 Å². The van der Waals surface area contributed by atoms with Gasteiger partial charge in [0.05, 0.1) is 18.9 Å². The summed E-state index contributed by atoms with van der Waals surface area (Å²) in [4.78, 5) is 34.2. The summed E-state index contributed by atoms with van der Waals surface area (Å²) in [6, 6.07) is 0. The lowest BCUT2D eigenvalue weighted by Gasteiger charge is -2.10. The van der Waals surface area contributed by atoms with Crippen molar-refractivity contribution in [2.45, 2.75) is 58.6 Å². The van der Waals surface area contributed by atoms with Gasteiger partial charge in [-0.25, -0.2) is 0 Å². The minimum absolute atomic E-state index is 0.0282. The van der Waals surface area contributed by atoms with Gasteiger partial charge in [0.25, 0.3) is 0 Å². The molecule has 1 atom stereocenters. The van der Waals surface area contributed by atoms with Gasteiger partial charge in [-0.05, 0) is 13.8 Å². The molecule has 0 bridgehead atoms. The van der Waals surface area contributed by atoms with Gasteiger partial charge in [0.15, 0.2) is 6.10 Å². The lowest BCUT2D eigenvalue weighted by atomic mass is 9.75. The van der Waals surface area contributed by atoms with Crippen LogP contribution in [0.4, 0.5) is 0 Å². The lowest BCUT2D eigenvalue weighted by molar-refractivity contribution is -0.154. The van der Waals surface area contributed by atoms with Crippen molar-refractivity contribution in [3.63, 3.8) is 0 Å². The smallest absolute Gasteiger partial charge is 0.507 e. The van der Waals surface area contributed by atoms with Gasteiger partial charge >= 0.3 is 25.0 Å². The third kappa shape index (κ3) is 6.16. The number of carbonyl (C=O) groups excluding carboxylic acids is 3. The topological polar surface area (TPSA) is 88.1 Å². The van der Waals surface area contributed by atoms with E-state index in [9.17, 15) is 14.4 Å². The van der Waals surface area contributed by atoms with E-state index in [0.717, 1.165) is 0 Å². The summed E-state index contributed by atoms with van der Waals surface area (Å²) < 4.78 is 20.1. The third-order valence-corrected chi connectivity index (χ3v) is 2.63. The minimum atomic E-state index is -0.899. The molecule has 0 aromatic carbocycles. The Morgan fingerprint density at radius 2 is 1.81 bits per heavy atom. The van der Waals surface area contributed by atoms with E-state index in [4.69, 9.17) is 18.8 Å². The van der Waals surface area contributed by atoms with Crippen LogP contribution in [0.25, 0.3) is 0 Å². The van der Waals surface area contributed by atoms with E-state index in [1.165, 1.54) is 0 Å². The molecule has 1 fully saturated rings. The fraction of sp³-hybridized carbons (Fsp3) is 0.769. The molecule has 0 saturated carbocycles. The second-order valence-electron chi connectivity index (χ2n) is 5.40. The summed E-state index contributed by atoms with van der Waals surface area (Å²) in [5, 5.41) is 0. The Morgan fingerprint density at radius 3 is 2.33 bits per heavy atom. The molecule has 21 heavy (non-hydrogen) atoms. The van der Waals surface area contributed by atoms with Crippen LogP contribution in [0.1, 0.15) is 40.5 Å². The van der Waals surface area contributed by atoms with Gasteiger partial charge in [0.1, 0.15) is 6.61 Å². The Morgan fingerprint density at radius 1 is 1.19 bits per heavy atom. The molecule has 118 valence electrons. The van der Waals surface area contributed by atoms with Crippen molar-refractivity contribution in [1.29, 1.82) is 0 Å². The fourth-order valence-corrected chi connectivity index (χ4v) is 1.60. The number of esters is 2. The van der Waals surface area contributed by atoms with Crippen LogP contribution in [-0.4, -0.2) is 43.8 Å². The van der Waals surface area contributed by atoms with Crippen molar-refractivity contribution in [3.8, 4) is 0 Å². The van der Waals surface area contributed by atoms with Crippen LogP contribution in [0.3, 0.4) is 0 Å². The van der Waals surface area contributed by atoms with E-state index in [1.54, 1.807) is 13.8 Å². The van der Waals surface area contributed by atoms with Crippen molar-refractivity contribution in [1.82, 2.24) is 0 Å². The molecule has 0 unspecified atom stereocenters. The zero-order valence-electron chi connectivity index (χ0n) is 12.8. The second-order valence-corrected chi connectivity index (χ2v) is 5.40. The monoisotopic (exact) mass is 300 g/mol. The number of hydrogen-bond donors (Lipinski definition) is 0. The average molecular weight is 300 g/mol. The van der Waals surface area contributed by atoms with E-state index in [1.807, 2.05) is 13.8 Å². The maximum Gasteiger partial charge on any atom is 0.530 e. The molecule has 0 radical (unpaired) electrons. The third-order valence-electron chi connectivity index (χ3n) is 2.63. The number of ether oxygens (including phenoxy) is 2. The van der Waals surface area contributed by atoms with Gasteiger partial charge in [-0.15, -0.1) is 0 Å². The number of rotatable bonds is 7. The zero-order valence-corrected chi connectivity index (χ0v) is 12.8. The van der Waals surface area contributed by atoms with Crippen molar-refractivity contribution in [2.24, 2.45) is 0 Å². The van der Waals surface area contributed by atoms with E-state index in [0.29, 0.717) is 0 Å². The predicted octanol–water partition coefficient (Wildman–Crippen LogP) is 1.10. The molecule has 1 aliphatic rings. The first-order chi connectivity index (χ1) is 9.79. The minimum Gasteiger partial charge on any atom is -0.507 e. The first-order valence-corrected chi connectivity index (χ1v) is 7.00. The maximum absolute atomic E-state index is 11.5. The van der Waals surface area contributed by atoms with Crippen LogP contribution < -0.4 is 0 Å². The molecule has 1 aliphatic heterocycles. The first-order valence-electron chi connectivity index (χ1n) is 7.00. The SMILES string of the molecule is CC(C)OC(=O)CCC(=O)OC[C@H]1OB(C(C)C)OC1=O. The van der Waals surface area contributed by atoms with Crippen molar-refractivity contribution in [3.05, 3.63) is 0 Å². The van der Waals surface area contributed by atoms with Gasteiger partial charge < -0.3 is 18.8 Å². The highest BCUT2D eigenvalue weighted by Crippen LogP contribution is 2.20. The zero-order chi connectivity index (χ0) is 16.0. The Kier molecular flexibility index (Phi) is 6.68. The van der Waals surface area contributed by atoms with Crippen LogP contribution in [0.15, 0.2) is 0 Å². The molecule has 0 spiro atoms. The van der Waals surface area contributed by atoms with Crippen LogP contribution >= 0.6 is 0 Å². The van der Waals surface area contributed by atoms with Crippen molar-refractivity contribution >= 4 is 25.0 Å². The van der Waals surface area contributed by atoms with Gasteiger partial charge in [-0.3, -0.25) is 14.4 Å². The summed E-state index contributed by atoms with van der Waals surface area (Å²) in [5.74, 6) is -1.56. The summed E-state index contributed by atoms with van der Waals surface area (Å²) in [6.45, 7) is 6.95. The molecule has 8 heteroatoms. The highest BCUT2D eigenvalue weighted by molar-refractivity contribution is 6.50. The Hall–Kier alpha value is -1.57. The molecular weight excluding hydrogens is 279 g/mol. The molecule has 1 saturated heterocycles. The quantitative estimate of drug-likeness (QED) is 0.514. The Balaban J connectivity index is 2.24. The summed E-state index contributed by atoms with van der Waals surface area (Å²) in [5.41, 5.74) is 0. The molecule has 0 aromatic rings. The normalized spacial score (nSPS) is 18.1. The van der Waals surface area contributed by atoms with Gasteiger partial charge in [-0.1, -0.05) is 13.8 Å². The first kappa shape index (κ1) is 17.5. The molecule has 7 nitrogen and oxygen atoms in total. The van der Waals surface area contributed by atoms with Crippen molar-refractivity contribution in [2.75, 3.05) is 6.61 Å². The van der Waals surface area contributed by atoms with Crippen LogP contribution in [0.5, 0.6) is 0 Å². The molecule has 1 heterocycles. The summed E-state index contributed by atoms with van der Waals surface area (Å²) in [7, 11) is -0.609. The maximum atomic E-state index is 11.5. The summed E-state index contributed by atoms with van der Waals surface area (Å²) >= 11 is 0. The predicted molar refractivity (Wildman–Crippen MR) is 73.2 cm³/mol. The highest BCUT2D eigenvalue weighted by atomic mass is 16.7. The van der Waals surface area contributed by atoms with Gasteiger partial charge in [0.2, 0.25) is 0 Å². The highest BCUT2D eigenvalue weighted by Gasteiger charge is 2.42. The molecule has 0 N–H and O–H groups in total. The standard InChI is InChI=1S/C13H21BO7/c1-8(2)14-20-10(13(17)21-14)7-18-11(15)5-6-12(16)19-9(3)4/h8-10H,5-7H2,1-4H3/t10-/m1/s1. The summed E-state index contributed by atoms with van der Waals surface area (Å²) in [6.07, 6.45) is -1.27. The van der Waals surface area contributed by atoms with Crippen molar-refractivity contribution < 1.29 is 33.2 Å².